The van der Waals surface area contributed by atoms with E-state index in [1.165, 1.54) is 15.3 Å². The Kier molecular flexibility index (Phi) is 13.4. The summed E-state index contributed by atoms with van der Waals surface area (Å²) in [5.41, 5.74) is 8.07. The molecule has 1 aromatic heterocycles. The van der Waals surface area contributed by atoms with Crippen LogP contribution in [0.2, 0.25) is 0 Å². The topological polar surface area (TPSA) is 73.2 Å². The highest BCUT2D eigenvalue weighted by Crippen LogP contribution is 2.43. The third kappa shape index (κ3) is 10.3. The number of nitriles is 1. The fraction of sp³-hybridized carbons (Fsp3) is 0.300. The van der Waals surface area contributed by atoms with E-state index in [1.54, 1.807) is 0 Å². The number of fused-ring (bicyclic) bond motifs is 1. The van der Waals surface area contributed by atoms with Gasteiger partial charge in [0.05, 0.1) is 33.0 Å². The first-order valence-electron chi connectivity index (χ1n) is 20.3. The molecule has 0 radical (unpaired) electrons. The zero-order chi connectivity index (χ0) is 40.4. The Balaban J connectivity index is 1.18. The number of hydrogen-bond acceptors (Lipinski definition) is 8. The highest BCUT2D eigenvalue weighted by Gasteiger charge is 2.49. The van der Waals surface area contributed by atoms with Gasteiger partial charge in [-0.05, 0) is 64.1 Å². The molecule has 1 saturated heterocycles. The predicted molar refractivity (Wildman–Crippen MR) is 227 cm³/mol. The monoisotopic (exact) mass is 808 g/mol. The van der Waals surface area contributed by atoms with Gasteiger partial charge in [-0.1, -0.05) is 121 Å². The number of halogens is 1. The number of ether oxygens (including phenoxy) is 5. The quantitative estimate of drug-likeness (QED) is 0.0902. The van der Waals surface area contributed by atoms with Crippen LogP contribution in [-0.2, 0) is 64.8 Å². The molecule has 0 aliphatic carbocycles. The number of hydrogen-bond donors (Lipinski definition) is 0. The molecule has 0 N–H and O–H groups in total. The van der Waals surface area contributed by atoms with Gasteiger partial charge in [0.15, 0.2) is 12.4 Å². The van der Waals surface area contributed by atoms with Crippen molar-refractivity contribution in [3.05, 3.63) is 194 Å². The summed E-state index contributed by atoms with van der Waals surface area (Å²) in [7, 11) is 0. The predicted octanol–water partition coefficient (Wildman–Crippen LogP) is 10.2. The van der Waals surface area contributed by atoms with E-state index in [0.717, 1.165) is 51.9 Å². The number of rotatable bonds is 16. The molecule has 302 valence electrons. The molecule has 5 aromatic carbocycles. The van der Waals surface area contributed by atoms with Crippen LogP contribution in [0.4, 0.5) is 4.39 Å². The molecule has 6 aromatic rings. The van der Waals surface area contributed by atoms with E-state index in [-0.39, 0.29) is 19.8 Å². The zero-order valence-corrected chi connectivity index (χ0v) is 34.1. The molecule has 1 fully saturated rings. The number of benzene rings is 5. The van der Waals surface area contributed by atoms with Gasteiger partial charge in [-0.2, -0.15) is 5.26 Å². The fourth-order valence-corrected chi connectivity index (χ4v) is 9.02. The van der Waals surface area contributed by atoms with Gasteiger partial charge < -0.3 is 28.6 Å². The van der Waals surface area contributed by atoms with E-state index in [1.807, 2.05) is 138 Å². The number of thiophene rings is 1. The molecule has 59 heavy (non-hydrogen) atoms. The SMILES string of the molecule is Cc1cc(OCc2ccccc2)c([C@@H]2O[C@H](COCc3ccccc3)[C@@H](F)[C@H](OCc3ccccc3)[C@H]2OCc2ccccc2)cc1Cc1cc2c(s1)CCN(C#N)C2. The van der Waals surface area contributed by atoms with Crippen molar-refractivity contribution in [1.29, 1.82) is 5.26 Å². The molecule has 9 heteroatoms. The highest BCUT2D eigenvalue weighted by molar-refractivity contribution is 7.12. The van der Waals surface area contributed by atoms with Gasteiger partial charge in [-0.3, -0.25) is 0 Å². The Hall–Kier alpha value is -5.34. The third-order valence-electron chi connectivity index (χ3n) is 11.0. The van der Waals surface area contributed by atoms with Gasteiger partial charge >= 0.3 is 0 Å². The number of aryl methyl sites for hydroxylation is 1. The maximum atomic E-state index is 17.2. The minimum Gasteiger partial charge on any atom is -0.489 e. The fourth-order valence-electron chi connectivity index (χ4n) is 7.83. The first kappa shape index (κ1) is 40.4. The van der Waals surface area contributed by atoms with Crippen LogP contribution >= 0.6 is 11.3 Å². The Morgan fingerprint density at radius 3 is 1.93 bits per heavy atom. The van der Waals surface area contributed by atoms with Crippen LogP contribution in [-0.4, -0.2) is 42.5 Å². The lowest BCUT2D eigenvalue weighted by Gasteiger charge is -2.44. The van der Waals surface area contributed by atoms with Gasteiger partial charge in [0.2, 0.25) is 0 Å². The number of nitrogens with zero attached hydrogens (tertiary/aromatic N) is 2. The summed E-state index contributed by atoms with van der Waals surface area (Å²) in [6.45, 7) is 4.59. The normalized spacial score (nSPS) is 20.2. The summed E-state index contributed by atoms with van der Waals surface area (Å²) in [5, 5.41) is 9.57. The molecule has 0 saturated carbocycles. The largest absolute Gasteiger partial charge is 0.489 e. The summed E-state index contributed by atoms with van der Waals surface area (Å²) in [6.07, 6.45) is -1.27. The zero-order valence-electron chi connectivity index (χ0n) is 33.3. The molecule has 0 amide bonds. The summed E-state index contributed by atoms with van der Waals surface area (Å²) >= 11 is 1.81. The molecule has 0 spiro atoms. The van der Waals surface area contributed by atoms with E-state index in [2.05, 4.69) is 31.3 Å². The van der Waals surface area contributed by atoms with Crippen molar-refractivity contribution in [3.8, 4) is 11.9 Å². The summed E-state index contributed by atoms with van der Waals surface area (Å²) in [6, 6.07) is 46.1. The van der Waals surface area contributed by atoms with E-state index in [9.17, 15) is 5.26 Å². The van der Waals surface area contributed by atoms with Crippen LogP contribution in [0.15, 0.2) is 140 Å². The summed E-state index contributed by atoms with van der Waals surface area (Å²) < 4.78 is 50.4. The average Bonchev–Trinajstić information content (AvgIpc) is 3.69. The van der Waals surface area contributed by atoms with Crippen LogP contribution < -0.4 is 4.74 Å². The van der Waals surface area contributed by atoms with Crippen LogP contribution in [0, 0.1) is 18.4 Å². The molecule has 5 atom stereocenters. The van der Waals surface area contributed by atoms with Crippen molar-refractivity contribution in [2.45, 2.75) is 83.3 Å². The smallest absolute Gasteiger partial charge is 0.179 e. The van der Waals surface area contributed by atoms with Crippen LogP contribution in [0.3, 0.4) is 0 Å². The second-order valence-electron chi connectivity index (χ2n) is 15.3. The molecule has 0 bridgehead atoms. The molecule has 0 unspecified atom stereocenters. The summed E-state index contributed by atoms with van der Waals surface area (Å²) in [5.74, 6) is 0.645. The van der Waals surface area contributed by atoms with Crippen molar-refractivity contribution >= 4 is 11.3 Å². The molecule has 2 aliphatic heterocycles. The van der Waals surface area contributed by atoms with Gasteiger partial charge in [0, 0.05) is 34.7 Å². The lowest BCUT2D eigenvalue weighted by Crippen LogP contribution is -2.55. The molecule has 7 nitrogen and oxygen atoms in total. The lowest BCUT2D eigenvalue weighted by atomic mass is 9.88. The molecule has 3 heterocycles. The first-order valence-corrected chi connectivity index (χ1v) is 21.1. The van der Waals surface area contributed by atoms with Crippen molar-refractivity contribution < 1.29 is 28.1 Å². The van der Waals surface area contributed by atoms with E-state index < -0.39 is 30.6 Å². The maximum Gasteiger partial charge on any atom is 0.179 e. The minimum absolute atomic E-state index is 0.0164. The molecule has 8 rings (SSSR count). The Labute approximate surface area is 350 Å². The Bertz CT molecular complexity index is 2290. The van der Waals surface area contributed by atoms with Gasteiger partial charge in [0.1, 0.15) is 36.8 Å². The maximum absolute atomic E-state index is 17.2. The van der Waals surface area contributed by atoms with Crippen molar-refractivity contribution in [1.82, 2.24) is 4.90 Å². The Morgan fingerprint density at radius 2 is 1.32 bits per heavy atom. The van der Waals surface area contributed by atoms with Gasteiger partial charge in [-0.15, -0.1) is 11.3 Å². The lowest BCUT2D eigenvalue weighted by molar-refractivity contribution is -0.248. The standard InChI is InChI=1S/C50H49FN2O5S/c1-35-24-44(55-30-37-16-8-3-9-17-37)43(27-40(35)25-42-26-41-28-53(34-52)23-22-46(41)59-42)48-50(57-32-39-20-12-5-13-21-39)49(56-31-38-18-10-4-11-19-38)47(51)45(58-48)33-54-29-36-14-6-2-7-15-36/h2-21,24,26-27,45,47-50H,22-23,25,28-33H2,1H3/t45-,47-,48+,49+,50+/m1/s1. The Morgan fingerprint density at radius 1 is 0.746 bits per heavy atom. The van der Waals surface area contributed by atoms with E-state index in [0.29, 0.717) is 31.9 Å². The molecular formula is C50H49FN2O5S. The van der Waals surface area contributed by atoms with Crippen LogP contribution in [0.25, 0.3) is 0 Å². The second kappa shape index (κ2) is 19.6. The van der Waals surface area contributed by atoms with Crippen molar-refractivity contribution in [2.24, 2.45) is 0 Å². The summed E-state index contributed by atoms with van der Waals surface area (Å²) in [4.78, 5) is 4.37. The van der Waals surface area contributed by atoms with Crippen LogP contribution in [0.1, 0.15) is 60.4 Å². The van der Waals surface area contributed by atoms with E-state index in [4.69, 9.17) is 23.7 Å². The van der Waals surface area contributed by atoms with Gasteiger partial charge in [0.25, 0.3) is 0 Å². The van der Waals surface area contributed by atoms with Gasteiger partial charge in [-0.25, -0.2) is 4.39 Å². The minimum atomic E-state index is -1.56. The molecule has 2 aliphatic rings. The highest BCUT2D eigenvalue weighted by atomic mass is 32.1. The van der Waals surface area contributed by atoms with Crippen molar-refractivity contribution in [3.63, 3.8) is 0 Å². The van der Waals surface area contributed by atoms with Crippen molar-refractivity contribution in [2.75, 3.05) is 13.2 Å². The number of alkyl halides is 1. The van der Waals surface area contributed by atoms with Crippen LogP contribution in [0.5, 0.6) is 5.75 Å². The third-order valence-corrected chi connectivity index (χ3v) is 12.2. The average molecular weight is 809 g/mol. The molecular weight excluding hydrogens is 760 g/mol. The second-order valence-corrected chi connectivity index (χ2v) is 16.5. The van der Waals surface area contributed by atoms with E-state index >= 15 is 4.39 Å². The first-order chi connectivity index (χ1) is 29.0.